The largest absolute Gasteiger partial charge is 0.321 e. The van der Waals surface area contributed by atoms with Crippen LogP contribution in [0, 0.1) is 20.8 Å². The highest BCUT2D eigenvalue weighted by atomic mass is 32.1. The molecule has 9 heteroatoms. The molecular weight excluding hydrogens is 394 g/mol. The molecule has 0 saturated carbocycles. The Balaban J connectivity index is 1.67. The van der Waals surface area contributed by atoms with Gasteiger partial charge in [-0.15, -0.1) is 22.7 Å². The van der Waals surface area contributed by atoms with Gasteiger partial charge in [0.15, 0.2) is 0 Å². The number of fused-ring (bicyclic) bond motifs is 1. The summed E-state index contributed by atoms with van der Waals surface area (Å²) in [7, 11) is 1.82. The second-order valence-corrected chi connectivity index (χ2v) is 8.78. The summed E-state index contributed by atoms with van der Waals surface area (Å²) in [5, 5.41) is 9.68. The quantitative estimate of drug-likeness (QED) is 0.555. The molecule has 4 rings (SSSR count). The molecule has 4 heterocycles. The van der Waals surface area contributed by atoms with E-state index in [1.165, 1.54) is 27.1 Å². The Kier molecular flexibility index (Phi) is 4.64. The number of hydrogen-bond acceptors (Lipinski definition) is 6. The van der Waals surface area contributed by atoms with Crippen LogP contribution in [0.2, 0.25) is 0 Å². The van der Waals surface area contributed by atoms with E-state index >= 15 is 0 Å². The average molecular weight is 414 g/mol. The van der Waals surface area contributed by atoms with Crippen molar-refractivity contribution < 1.29 is 4.79 Å². The van der Waals surface area contributed by atoms with Crippen LogP contribution in [0.5, 0.6) is 0 Å². The number of thiophene rings is 2. The van der Waals surface area contributed by atoms with Crippen LogP contribution in [-0.4, -0.2) is 25.2 Å². The van der Waals surface area contributed by atoms with Gasteiger partial charge in [-0.1, -0.05) is 0 Å². The molecule has 0 unspecified atom stereocenters. The van der Waals surface area contributed by atoms with Gasteiger partial charge in [-0.2, -0.15) is 5.10 Å². The Morgan fingerprint density at radius 2 is 2.04 bits per heavy atom. The molecule has 144 valence electrons. The molecule has 0 fully saturated rings. The summed E-state index contributed by atoms with van der Waals surface area (Å²) in [5.74, 6) is -0.286. The molecule has 0 atom stereocenters. The molecule has 7 nitrogen and oxygen atoms in total. The Morgan fingerprint density at radius 3 is 2.68 bits per heavy atom. The summed E-state index contributed by atoms with van der Waals surface area (Å²) < 4.78 is 3.07. The maximum atomic E-state index is 13.1. The van der Waals surface area contributed by atoms with Gasteiger partial charge in [0.1, 0.15) is 11.4 Å². The molecule has 1 N–H and O–H groups in total. The number of hydrogen-bond donors (Lipinski definition) is 1. The topological polar surface area (TPSA) is 81.8 Å². The number of nitrogens with zero attached hydrogens (tertiary/aromatic N) is 4. The first-order valence-corrected chi connectivity index (χ1v) is 10.4. The van der Waals surface area contributed by atoms with E-state index in [9.17, 15) is 9.59 Å². The fourth-order valence-electron chi connectivity index (χ4n) is 3.13. The third kappa shape index (κ3) is 3.16. The zero-order valence-electron chi connectivity index (χ0n) is 15.9. The first kappa shape index (κ1) is 18.6. The van der Waals surface area contributed by atoms with E-state index in [1.54, 1.807) is 16.0 Å². The Morgan fingerprint density at radius 1 is 1.25 bits per heavy atom. The van der Waals surface area contributed by atoms with Gasteiger partial charge < -0.3 is 5.32 Å². The van der Waals surface area contributed by atoms with Crippen LogP contribution < -0.4 is 10.9 Å². The molecule has 28 heavy (non-hydrogen) atoms. The second kappa shape index (κ2) is 6.99. The van der Waals surface area contributed by atoms with Crippen LogP contribution in [0.4, 0.5) is 5.69 Å². The number of aromatic nitrogens is 4. The molecular formula is C19H19N5O2S2. The van der Waals surface area contributed by atoms with Crippen molar-refractivity contribution in [1.29, 1.82) is 0 Å². The van der Waals surface area contributed by atoms with Crippen molar-refractivity contribution >= 4 is 44.5 Å². The summed E-state index contributed by atoms with van der Waals surface area (Å²) in [6.07, 6.45) is 1.44. The van der Waals surface area contributed by atoms with Crippen molar-refractivity contribution in [2.24, 2.45) is 7.05 Å². The molecule has 0 saturated heterocycles. The smallest absolute Gasteiger partial charge is 0.263 e. The first-order valence-electron chi connectivity index (χ1n) is 8.68. The van der Waals surface area contributed by atoms with Gasteiger partial charge in [0.05, 0.1) is 28.8 Å². The van der Waals surface area contributed by atoms with Gasteiger partial charge in [-0.05, 0) is 32.9 Å². The predicted molar refractivity (Wildman–Crippen MR) is 113 cm³/mol. The van der Waals surface area contributed by atoms with Gasteiger partial charge in [-0.25, -0.2) is 4.98 Å². The molecule has 0 spiro atoms. The molecule has 0 aliphatic carbocycles. The van der Waals surface area contributed by atoms with Gasteiger partial charge in [0.2, 0.25) is 5.91 Å². The molecule has 0 bridgehead atoms. The van der Waals surface area contributed by atoms with E-state index in [4.69, 9.17) is 0 Å². The third-order valence-corrected chi connectivity index (χ3v) is 6.57. The van der Waals surface area contributed by atoms with Gasteiger partial charge in [-0.3, -0.25) is 18.8 Å². The summed E-state index contributed by atoms with van der Waals surface area (Å²) in [4.78, 5) is 32.9. The highest BCUT2D eigenvalue weighted by Gasteiger charge is 2.17. The number of carbonyl (C=O) groups is 1. The molecule has 0 aromatic carbocycles. The molecule has 4 aromatic rings. The lowest BCUT2D eigenvalue weighted by Gasteiger charge is -2.08. The average Bonchev–Trinajstić information content (AvgIpc) is 3.32. The van der Waals surface area contributed by atoms with Crippen molar-refractivity contribution in [2.45, 2.75) is 27.3 Å². The van der Waals surface area contributed by atoms with Crippen LogP contribution in [0.1, 0.15) is 16.3 Å². The van der Waals surface area contributed by atoms with Crippen molar-refractivity contribution in [3.63, 3.8) is 0 Å². The van der Waals surface area contributed by atoms with E-state index < -0.39 is 0 Å². The lowest BCUT2D eigenvalue weighted by Crippen LogP contribution is -2.28. The molecule has 0 radical (unpaired) electrons. The normalized spacial score (nSPS) is 11.3. The van der Waals surface area contributed by atoms with Crippen molar-refractivity contribution in [1.82, 2.24) is 19.3 Å². The first-order chi connectivity index (χ1) is 13.3. The van der Waals surface area contributed by atoms with Crippen LogP contribution in [-0.2, 0) is 18.4 Å². The van der Waals surface area contributed by atoms with E-state index in [0.717, 1.165) is 21.8 Å². The Bertz CT molecular complexity index is 1260. The number of carbonyl (C=O) groups excluding carboxylic acids is 1. The molecule has 1 amide bonds. The zero-order valence-corrected chi connectivity index (χ0v) is 17.6. The number of anilines is 1. The maximum Gasteiger partial charge on any atom is 0.263 e. The summed E-state index contributed by atoms with van der Waals surface area (Å²) >= 11 is 3.08. The summed E-state index contributed by atoms with van der Waals surface area (Å²) in [6.45, 7) is 5.65. The molecule has 0 aliphatic rings. The van der Waals surface area contributed by atoms with Crippen LogP contribution in [0.3, 0.4) is 0 Å². The number of aryl methyl sites for hydroxylation is 3. The van der Waals surface area contributed by atoms with Gasteiger partial charge in [0.25, 0.3) is 5.56 Å². The summed E-state index contributed by atoms with van der Waals surface area (Å²) in [5.41, 5.74) is 2.95. The van der Waals surface area contributed by atoms with Crippen LogP contribution in [0.15, 0.2) is 28.6 Å². The molecule has 4 aromatic heterocycles. The highest BCUT2D eigenvalue weighted by Crippen LogP contribution is 2.34. The summed E-state index contributed by atoms with van der Waals surface area (Å²) in [6, 6.07) is 4.04. The van der Waals surface area contributed by atoms with E-state index in [-0.39, 0.29) is 18.0 Å². The SMILES string of the molecule is Cc1ccc(-c2csc3ncn(CC(=O)Nc4c(C)nn(C)c4C)c(=O)c23)s1. The monoisotopic (exact) mass is 413 g/mol. The standard InChI is InChI=1S/C19H19N5O2S2/c1-10-5-6-14(28-10)13-8-27-18-16(13)19(26)24(9-20-18)7-15(25)21-17-11(2)22-23(4)12(17)3/h5-6,8-9H,7H2,1-4H3,(H,21,25). The van der Waals surface area contributed by atoms with E-state index in [1.807, 2.05) is 45.3 Å². The minimum Gasteiger partial charge on any atom is -0.321 e. The Labute approximate surface area is 169 Å². The van der Waals surface area contributed by atoms with Crippen molar-refractivity contribution in [3.8, 4) is 10.4 Å². The molecule has 0 aliphatic heterocycles. The fourth-order valence-corrected chi connectivity index (χ4v) is 4.99. The van der Waals surface area contributed by atoms with E-state index in [2.05, 4.69) is 15.4 Å². The lowest BCUT2D eigenvalue weighted by atomic mass is 10.2. The van der Waals surface area contributed by atoms with E-state index in [0.29, 0.717) is 15.9 Å². The van der Waals surface area contributed by atoms with Crippen LogP contribution in [0.25, 0.3) is 20.7 Å². The van der Waals surface area contributed by atoms with Gasteiger partial charge in [0, 0.05) is 27.7 Å². The highest BCUT2D eigenvalue weighted by molar-refractivity contribution is 7.19. The van der Waals surface area contributed by atoms with Gasteiger partial charge >= 0.3 is 0 Å². The number of rotatable bonds is 4. The minimum absolute atomic E-state index is 0.103. The lowest BCUT2D eigenvalue weighted by molar-refractivity contribution is -0.116. The maximum absolute atomic E-state index is 13.1. The van der Waals surface area contributed by atoms with Crippen LogP contribution >= 0.6 is 22.7 Å². The second-order valence-electron chi connectivity index (χ2n) is 6.64. The fraction of sp³-hybridized carbons (Fsp3) is 0.263. The van der Waals surface area contributed by atoms with Crippen molar-refractivity contribution in [3.05, 3.63) is 50.5 Å². The number of amides is 1. The number of nitrogens with one attached hydrogen (secondary N) is 1. The third-order valence-electron chi connectivity index (χ3n) is 4.65. The zero-order chi connectivity index (χ0) is 20.0. The van der Waals surface area contributed by atoms with Crippen molar-refractivity contribution in [2.75, 3.05) is 5.32 Å². The predicted octanol–water partition coefficient (Wildman–Crippen LogP) is 3.48. The minimum atomic E-state index is -0.286. The Hall–Kier alpha value is -2.78.